The quantitative estimate of drug-likeness (QED) is 0.207. The predicted octanol–water partition coefficient (Wildman–Crippen LogP) is 7.33. The van der Waals surface area contributed by atoms with Crippen LogP contribution in [0.5, 0.6) is 0 Å². The summed E-state index contributed by atoms with van der Waals surface area (Å²) in [4.78, 5) is 0. The number of rotatable bonds is 4. The summed E-state index contributed by atoms with van der Waals surface area (Å²) in [5.74, 6) is 1.10. The number of benzene rings is 4. The zero-order valence-electron chi connectivity index (χ0n) is 23.3. The van der Waals surface area contributed by atoms with Crippen LogP contribution in [0.15, 0.2) is 138 Å². The van der Waals surface area contributed by atoms with Gasteiger partial charge in [-0.2, -0.15) is 0 Å². The number of hydrogen-bond acceptors (Lipinski definition) is 3. The van der Waals surface area contributed by atoms with Gasteiger partial charge in [0, 0.05) is 46.2 Å². The summed E-state index contributed by atoms with van der Waals surface area (Å²) in [7, 11) is -1.06. The molecule has 5 aromatic rings. The van der Waals surface area contributed by atoms with Crippen molar-refractivity contribution in [1.82, 2.24) is 10.2 Å². The van der Waals surface area contributed by atoms with Crippen molar-refractivity contribution in [2.45, 2.75) is 12.8 Å². The largest absolute Gasteiger partial charge is 0.416 e. The predicted molar refractivity (Wildman–Crippen MR) is 184 cm³/mol. The fraction of sp³-hybridized carbons (Fsp3) is 0.0526. The van der Waals surface area contributed by atoms with Gasteiger partial charge in [-0.05, 0) is 72.8 Å². The van der Waals surface area contributed by atoms with E-state index >= 15 is 0 Å². The first-order valence-corrected chi connectivity index (χ1v) is 17.3. The van der Waals surface area contributed by atoms with Crippen molar-refractivity contribution < 1.29 is 4.42 Å². The van der Waals surface area contributed by atoms with Crippen molar-refractivity contribution in [3.63, 3.8) is 0 Å². The molecule has 3 nitrogen and oxygen atoms in total. The van der Waals surface area contributed by atoms with Crippen LogP contribution in [-0.4, -0.2) is 20.8 Å². The molecule has 4 aromatic carbocycles. The zero-order valence-corrected chi connectivity index (χ0v) is 25.1. The monoisotopic (exact) mass is 588 g/mol. The first-order chi connectivity index (χ1) is 21.3. The minimum Gasteiger partial charge on any atom is -0.416 e. The third kappa shape index (κ3) is 3.97. The number of nitrogens with zero attached hydrogens (tertiary/aromatic N) is 2. The lowest BCUT2D eigenvalue weighted by molar-refractivity contribution is 0.584. The molecule has 43 heavy (non-hydrogen) atoms. The van der Waals surface area contributed by atoms with Crippen molar-refractivity contribution in [2.24, 2.45) is 0 Å². The van der Waals surface area contributed by atoms with Crippen molar-refractivity contribution >= 4 is 58.0 Å². The smallest absolute Gasteiger partial charge is 0.248 e. The third-order valence-corrected chi connectivity index (χ3v) is 13.9. The van der Waals surface area contributed by atoms with Gasteiger partial charge in [0.15, 0.2) is 36.3 Å². The second-order valence-electron chi connectivity index (χ2n) is 11.0. The molecule has 0 saturated carbocycles. The maximum absolute atomic E-state index is 6.21. The molecular formula is C38H26N2OP2+2. The fourth-order valence-electron chi connectivity index (χ4n) is 6.65. The summed E-state index contributed by atoms with van der Waals surface area (Å²) in [5.41, 5.74) is 7.47. The van der Waals surface area contributed by atoms with E-state index < -0.39 is 15.1 Å². The summed E-state index contributed by atoms with van der Waals surface area (Å²) in [5, 5.41) is 17.6. The van der Waals surface area contributed by atoms with Gasteiger partial charge in [0.05, 0.1) is 0 Å². The second-order valence-corrected chi connectivity index (χ2v) is 15.4. The van der Waals surface area contributed by atoms with Gasteiger partial charge in [-0.3, -0.25) is 0 Å². The highest BCUT2D eigenvalue weighted by Gasteiger charge is 2.39. The summed E-state index contributed by atoms with van der Waals surface area (Å²) >= 11 is 0. The Morgan fingerprint density at radius 3 is 1.42 bits per heavy atom. The standard InChI is InChI=1S/C38H26N2OP2/c1-5-13-33-29(9-1)30-10-2-6-14-34(30)42(33)27-21-17-25(18-22-27)37-39-40-38(41-37)26-19-23-28(24-20-26)43-35-15-7-3-11-31(35)32-12-4-8-16-36(32)43/h1-13,15,17-24H,14,16H2/q+2. The molecule has 0 bridgehead atoms. The van der Waals surface area contributed by atoms with Crippen LogP contribution in [-0.2, 0) is 0 Å². The summed E-state index contributed by atoms with van der Waals surface area (Å²) < 4.78 is 6.21. The van der Waals surface area contributed by atoms with Gasteiger partial charge in [-0.25, -0.2) is 0 Å². The summed E-state index contributed by atoms with van der Waals surface area (Å²) in [6.45, 7) is 0. The molecule has 3 heterocycles. The molecule has 0 radical (unpaired) electrons. The lowest BCUT2D eigenvalue weighted by Gasteiger charge is -2.02. The topological polar surface area (TPSA) is 38.9 Å². The average Bonchev–Trinajstić information content (AvgIpc) is 3.78. The molecule has 0 saturated heterocycles. The van der Waals surface area contributed by atoms with Gasteiger partial charge in [0.1, 0.15) is 10.6 Å². The molecule has 9 rings (SSSR count). The average molecular weight is 589 g/mol. The zero-order chi connectivity index (χ0) is 28.3. The van der Waals surface area contributed by atoms with E-state index in [2.05, 4.69) is 144 Å². The first-order valence-electron chi connectivity index (χ1n) is 14.6. The highest BCUT2D eigenvalue weighted by atomic mass is 31.1. The van der Waals surface area contributed by atoms with Crippen LogP contribution in [0.25, 0.3) is 34.1 Å². The molecule has 4 aliphatic rings. The van der Waals surface area contributed by atoms with E-state index in [9.17, 15) is 0 Å². The molecular weight excluding hydrogens is 562 g/mol. The molecule has 1 aromatic heterocycles. The lowest BCUT2D eigenvalue weighted by Crippen LogP contribution is -2.08. The molecule has 0 spiro atoms. The molecule has 2 atom stereocenters. The van der Waals surface area contributed by atoms with Crippen LogP contribution < -0.4 is 21.2 Å². The number of fused-ring (bicyclic) bond motifs is 6. The Morgan fingerprint density at radius 1 is 0.512 bits per heavy atom. The molecule has 202 valence electrons. The van der Waals surface area contributed by atoms with Crippen molar-refractivity contribution in [3.8, 4) is 22.9 Å². The Bertz CT molecular complexity index is 2000. The van der Waals surface area contributed by atoms with Gasteiger partial charge in [-0.1, -0.05) is 60.7 Å². The normalized spacial score (nSPS) is 17.8. The number of hydrogen-bond donors (Lipinski definition) is 0. The fourth-order valence-corrected chi connectivity index (χ4v) is 12.1. The van der Waals surface area contributed by atoms with Crippen LogP contribution in [0.2, 0.25) is 0 Å². The first kappa shape index (κ1) is 24.9. The van der Waals surface area contributed by atoms with Gasteiger partial charge in [-0.15, -0.1) is 10.2 Å². The van der Waals surface area contributed by atoms with Crippen LogP contribution in [0, 0.1) is 0 Å². The van der Waals surface area contributed by atoms with E-state index in [4.69, 9.17) is 4.42 Å². The van der Waals surface area contributed by atoms with Crippen LogP contribution in [0.1, 0.15) is 24.0 Å². The molecule has 0 N–H and O–H groups in total. The minimum atomic E-state index is -0.531. The van der Waals surface area contributed by atoms with E-state index in [1.165, 1.54) is 43.5 Å². The highest BCUT2D eigenvalue weighted by molar-refractivity contribution is 7.76. The van der Waals surface area contributed by atoms with E-state index in [0.717, 1.165) is 24.0 Å². The van der Waals surface area contributed by atoms with E-state index in [1.807, 2.05) is 0 Å². The SMILES string of the molecule is C1=CCC2=[P+](c3ccc(-c4nnc(-c5ccc([P+]6=C7CC=CC=C7c7ccccc76)cc5)o4)cc3)c3ccccc3C2=C1. The van der Waals surface area contributed by atoms with Crippen molar-refractivity contribution in [1.29, 1.82) is 0 Å². The van der Waals surface area contributed by atoms with Crippen LogP contribution in [0.4, 0.5) is 0 Å². The Morgan fingerprint density at radius 2 is 0.953 bits per heavy atom. The van der Waals surface area contributed by atoms with Gasteiger partial charge in [0.2, 0.25) is 11.8 Å². The molecule has 2 unspecified atom stereocenters. The number of aromatic nitrogens is 2. The minimum absolute atomic E-state index is 0.531. The summed E-state index contributed by atoms with van der Waals surface area (Å²) in [6.07, 6.45) is 15.5. The van der Waals surface area contributed by atoms with Gasteiger partial charge in [0.25, 0.3) is 0 Å². The molecule has 2 aliphatic carbocycles. The van der Waals surface area contributed by atoms with Gasteiger partial charge < -0.3 is 4.42 Å². The van der Waals surface area contributed by atoms with Crippen LogP contribution >= 0.6 is 15.1 Å². The lowest BCUT2D eigenvalue weighted by atomic mass is 9.98. The van der Waals surface area contributed by atoms with Crippen LogP contribution in [0.3, 0.4) is 0 Å². The second kappa shape index (κ2) is 9.96. The van der Waals surface area contributed by atoms with Crippen molar-refractivity contribution in [3.05, 3.63) is 145 Å². The van der Waals surface area contributed by atoms with Gasteiger partial charge >= 0.3 is 0 Å². The Kier molecular flexibility index (Phi) is 5.76. The highest BCUT2D eigenvalue weighted by Crippen LogP contribution is 2.43. The summed E-state index contributed by atoms with van der Waals surface area (Å²) in [6, 6.07) is 35.2. The Balaban J connectivity index is 1.01. The number of allylic oxidation sites excluding steroid dienone is 8. The maximum Gasteiger partial charge on any atom is 0.248 e. The molecule has 0 fully saturated rings. The maximum atomic E-state index is 6.21. The van der Waals surface area contributed by atoms with E-state index in [1.54, 1.807) is 10.6 Å². The van der Waals surface area contributed by atoms with E-state index in [-0.39, 0.29) is 0 Å². The molecule has 0 amide bonds. The Labute approximate surface area is 252 Å². The molecule has 5 heteroatoms. The molecule has 2 aliphatic heterocycles. The van der Waals surface area contributed by atoms with E-state index in [0.29, 0.717) is 11.8 Å². The third-order valence-electron chi connectivity index (χ3n) is 8.62. The van der Waals surface area contributed by atoms with Crippen molar-refractivity contribution in [2.75, 3.05) is 0 Å². The Hall–Kier alpha value is -4.68.